The lowest BCUT2D eigenvalue weighted by molar-refractivity contribution is -0.123. The van der Waals surface area contributed by atoms with Crippen LogP contribution in [-0.4, -0.2) is 18.0 Å². The van der Waals surface area contributed by atoms with Crippen molar-refractivity contribution >= 4 is 45.5 Å². The standard InChI is InChI=1S/C15H12ClN3O3S/c1-8(13(20)19-14-9(7-17)5-6-23-14)22-15(21)10-3-2-4-11(16)12(10)18/h2-6,8H,18H2,1H3,(H,19,20)/t8-/m0/s1. The van der Waals surface area contributed by atoms with Gasteiger partial charge in [-0.15, -0.1) is 11.3 Å². The van der Waals surface area contributed by atoms with Gasteiger partial charge in [0.25, 0.3) is 5.91 Å². The van der Waals surface area contributed by atoms with Crippen LogP contribution in [0.25, 0.3) is 0 Å². The molecule has 0 aliphatic heterocycles. The maximum atomic E-state index is 12.1. The normalized spacial score (nSPS) is 11.3. The average molecular weight is 350 g/mol. The number of anilines is 2. The second-order valence-electron chi connectivity index (χ2n) is 4.51. The summed E-state index contributed by atoms with van der Waals surface area (Å²) < 4.78 is 5.09. The van der Waals surface area contributed by atoms with Gasteiger partial charge in [0.1, 0.15) is 11.1 Å². The minimum Gasteiger partial charge on any atom is -0.449 e. The first-order valence-corrected chi connectivity index (χ1v) is 7.73. The van der Waals surface area contributed by atoms with Crippen LogP contribution in [0.15, 0.2) is 29.6 Å². The number of esters is 1. The Balaban J connectivity index is 2.05. The number of para-hydroxylation sites is 1. The fraction of sp³-hybridized carbons (Fsp3) is 0.133. The third-order valence-corrected chi connectivity index (χ3v) is 4.11. The molecule has 0 aliphatic carbocycles. The number of ether oxygens (including phenoxy) is 1. The molecule has 0 bridgehead atoms. The molecule has 6 nitrogen and oxygen atoms in total. The number of halogens is 1. The summed E-state index contributed by atoms with van der Waals surface area (Å²) >= 11 is 7.05. The van der Waals surface area contributed by atoms with E-state index < -0.39 is 18.0 Å². The molecule has 0 spiro atoms. The Morgan fingerprint density at radius 3 is 2.87 bits per heavy atom. The predicted molar refractivity (Wildman–Crippen MR) is 88.4 cm³/mol. The molecule has 1 aromatic carbocycles. The van der Waals surface area contributed by atoms with Crippen molar-refractivity contribution < 1.29 is 14.3 Å². The van der Waals surface area contributed by atoms with Crippen LogP contribution in [0.1, 0.15) is 22.8 Å². The van der Waals surface area contributed by atoms with Gasteiger partial charge in [0.2, 0.25) is 0 Å². The second-order valence-corrected chi connectivity index (χ2v) is 5.84. The van der Waals surface area contributed by atoms with E-state index in [0.717, 1.165) is 0 Å². The number of hydrogen-bond donors (Lipinski definition) is 2. The van der Waals surface area contributed by atoms with Crippen molar-refractivity contribution in [3.05, 3.63) is 45.8 Å². The molecule has 0 aliphatic rings. The summed E-state index contributed by atoms with van der Waals surface area (Å²) in [7, 11) is 0. The molecule has 1 aromatic heterocycles. The molecule has 23 heavy (non-hydrogen) atoms. The summed E-state index contributed by atoms with van der Waals surface area (Å²) in [5.41, 5.74) is 6.25. The van der Waals surface area contributed by atoms with Gasteiger partial charge in [0.05, 0.1) is 21.8 Å². The van der Waals surface area contributed by atoms with Crippen molar-refractivity contribution in [1.29, 1.82) is 5.26 Å². The number of nitriles is 1. The molecule has 8 heteroatoms. The van der Waals surface area contributed by atoms with Crippen molar-refractivity contribution in [2.24, 2.45) is 0 Å². The SMILES string of the molecule is C[C@H](OC(=O)c1cccc(Cl)c1N)C(=O)Nc1sccc1C#N. The highest BCUT2D eigenvalue weighted by molar-refractivity contribution is 7.14. The zero-order valence-corrected chi connectivity index (χ0v) is 13.6. The topological polar surface area (TPSA) is 105 Å². The first-order chi connectivity index (χ1) is 10.9. The number of nitrogen functional groups attached to an aromatic ring is 1. The van der Waals surface area contributed by atoms with Crippen molar-refractivity contribution in [3.8, 4) is 6.07 Å². The third-order valence-electron chi connectivity index (χ3n) is 2.95. The lowest BCUT2D eigenvalue weighted by Gasteiger charge is -2.14. The number of rotatable bonds is 4. The fourth-order valence-electron chi connectivity index (χ4n) is 1.70. The lowest BCUT2D eigenvalue weighted by atomic mass is 10.2. The van der Waals surface area contributed by atoms with Gasteiger partial charge in [-0.2, -0.15) is 5.26 Å². The van der Waals surface area contributed by atoms with E-state index in [2.05, 4.69) is 5.32 Å². The highest BCUT2D eigenvalue weighted by Gasteiger charge is 2.22. The van der Waals surface area contributed by atoms with E-state index in [1.165, 1.54) is 24.3 Å². The van der Waals surface area contributed by atoms with Gasteiger partial charge in [0, 0.05) is 0 Å². The van der Waals surface area contributed by atoms with Gasteiger partial charge in [0.15, 0.2) is 6.10 Å². The number of hydrogen-bond acceptors (Lipinski definition) is 6. The molecule has 2 rings (SSSR count). The van der Waals surface area contributed by atoms with Crippen LogP contribution in [0, 0.1) is 11.3 Å². The van der Waals surface area contributed by atoms with Gasteiger partial charge in [-0.05, 0) is 30.5 Å². The smallest absolute Gasteiger partial charge is 0.341 e. The Morgan fingerprint density at radius 2 is 2.17 bits per heavy atom. The van der Waals surface area contributed by atoms with Crippen LogP contribution in [0.2, 0.25) is 5.02 Å². The van der Waals surface area contributed by atoms with Crippen LogP contribution in [-0.2, 0) is 9.53 Å². The van der Waals surface area contributed by atoms with Crippen LogP contribution < -0.4 is 11.1 Å². The van der Waals surface area contributed by atoms with E-state index >= 15 is 0 Å². The van der Waals surface area contributed by atoms with E-state index in [-0.39, 0.29) is 16.3 Å². The number of carbonyl (C=O) groups excluding carboxylic acids is 2. The first-order valence-electron chi connectivity index (χ1n) is 6.47. The van der Waals surface area contributed by atoms with Crippen LogP contribution >= 0.6 is 22.9 Å². The fourth-order valence-corrected chi connectivity index (χ4v) is 2.62. The van der Waals surface area contributed by atoms with E-state index in [9.17, 15) is 9.59 Å². The summed E-state index contributed by atoms with van der Waals surface area (Å²) in [4.78, 5) is 24.1. The van der Waals surface area contributed by atoms with E-state index in [0.29, 0.717) is 10.6 Å². The molecule has 0 unspecified atom stereocenters. The number of amides is 1. The minimum atomic E-state index is -1.06. The number of carbonyl (C=O) groups is 2. The zero-order chi connectivity index (χ0) is 17.0. The van der Waals surface area contributed by atoms with Gasteiger partial charge in [-0.1, -0.05) is 17.7 Å². The third kappa shape index (κ3) is 3.80. The number of nitrogens with zero attached hydrogens (tertiary/aromatic N) is 1. The van der Waals surface area contributed by atoms with E-state index in [1.807, 2.05) is 6.07 Å². The highest BCUT2D eigenvalue weighted by atomic mass is 35.5. The summed E-state index contributed by atoms with van der Waals surface area (Å²) in [5, 5.41) is 13.8. The molecule has 1 amide bonds. The van der Waals surface area contributed by atoms with E-state index in [4.69, 9.17) is 27.3 Å². The maximum Gasteiger partial charge on any atom is 0.341 e. The quantitative estimate of drug-likeness (QED) is 0.652. The molecule has 0 saturated heterocycles. The van der Waals surface area contributed by atoms with Gasteiger partial charge in [-0.3, -0.25) is 4.79 Å². The van der Waals surface area contributed by atoms with Crippen LogP contribution in [0.5, 0.6) is 0 Å². The zero-order valence-electron chi connectivity index (χ0n) is 12.0. The van der Waals surface area contributed by atoms with Crippen LogP contribution in [0.4, 0.5) is 10.7 Å². The van der Waals surface area contributed by atoms with Crippen molar-refractivity contribution in [2.75, 3.05) is 11.1 Å². The van der Waals surface area contributed by atoms with Gasteiger partial charge < -0.3 is 15.8 Å². The Hall–Kier alpha value is -2.56. The molecule has 1 atom stereocenters. The predicted octanol–water partition coefficient (Wildman–Crippen LogP) is 3.04. The summed E-state index contributed by atoms with van der Waals surface area (Å²) in [6.07, 6.45) is -1.06. The first kappa shape index (κ1) is 16.8. The largest absolute Gasteiger partial charge is 0.449 e. The number of thiophene rings is 1. The Bertz CT molecular complexity index is 798. The molecule has 2 aromatic rings. The molecule has 1 heterocycles. The number of benzene rings is 1. The van der Waals surface area contributed by atoms with Crippen LogP contribution in [0.3, 0.4) is 0 Å². The minimum absolute atomic E-state index is 0.0889. The Labute approximate surface area is 141 Å². The highest BCUT2D eigenvalue weighted by Crippen LogP contribution is 2.24. The van der Waals surface area contributed by atoms with Crippen molar-refractivity contribution in [2.45, 2.75) is 13.0 Å². The molecular formula is C15H12ClN3O3S. The molecule has 0 radical (unpaired) electrons. The molecule has 118 valence electrons. The molecule has 0 fully saturated rings. The second kappa shape index (κ2) is 7.13. The monoisotopic (exact) mass is 349 g/mol. The van der Waals surface area contributed by atoms with E-state index in [1.54, 1.807) is 23.6 Å². The number of nitrogens with two attached hydrogens (primary N) is 1. The average Bonchev–Trinajstić information content (AvgIpc) is 2.96. The summed E-state index contributed by atoms with van der Waals surface area (Å²) in [6.45, 7) is 1.42. The molecule has 0 saturated carbocycles. The maximum absolute atomic E-state index is 12.1. The van der Waals surface area contributed by atoms with Gasteiger partial charge >= 0.3 is 5.97 Å². The Kier molecular flexibility index (Phi) is 5.21. The van der Waals surface area contributed by atoms with Gasteiger partial charge in [-0.25, -0.2) is 4.79 Å². The Morgan fingerprint density at radius 1 is 1.43 bits per heavy atom. The molecular weight excluding hydrogens is 338 g/mol. The van der Waals surface area contributed by atoms with Crippen molar-refractivity contribution in [3.63, 3.8) is 0 Å². The number of nitrogens with one attached hydrogen (secondary N) is 1. The van der Waals surface area contributed by atoms with Crippen molar-refractivity contribution in [1.82, 2.24) is 0 Å². The molecule has 3 N–H and O–H groups in total. The summed E-state index contributed by atoms with van der Waals surface area (Å²) in [6, 6.07) is 8.11. The summed E-state index contributed by atoms with van der Waals surface area (Å²) in [5.74, 6) is -1.29. The lowest BCUT2D eigenvalue weighted by Crippen LogP contribution is -2.30.